The number of amides is 1. The molecule has 5 rings (SSSR count). The maximum Gasteiger partial charge on any atom is 0.255 e. The number of hydrogen-bond donors (Lipinski definition) is 3. The molecule has 4 nitrogen and oxygen atoms in total. The molecule has 3 N–H and O–H groups in total. The average molecular weight is 345 g/mol. The minimum absolute atomic E-state index is 0.0790. The highest BCUT2D eigenvalue weighted by molar-refractivity contribution is 6.06. The maximum absolute atomic E-state index is 12.5. The van der Waals surface area contributed by atoms with Crippen LogP contribution in [0.2, 0.25) is 0 Å². The summed E-state index contributed by atoms with van der Waals surface area (Å²) in [5, 5.41) is 7.78. The molecule has 0 spiro atoms. The van der Waals surface area contributed by atoms with Crippen molar-refractivity contribution in [3.05, 3.63) is 65.9 Å². The van der Waals surface area contributed by atoms with Gasteiger partial charge in [-0.3, -0.25) is 4.79 Å². The predicted octanol–water partition coefficient (Wildman–Crippen LogP) is 4.28. The Morgan fingerprint density at radius 2 is 1.92 bits per heavy atom. The number of aromatic amines is 1. The number of hydrogen-bond acceptors (Lipinski definition) is 2. The van der Waals surface area contributed by atoms with Crippen molar-refractivity contribution >= 4 is 22.5 Å². The summed E-state index contributed by atoms with van der Waals surface area (Å²) in [5.41, 5.74) is 3.85. The highest BCUT2D eigenvalue weighted by Crippen LogP contribution is 2.41. The molecule has 2 aliphatic carbocycles. The fraction of sp³-hybridized carbons (Fsp3) is 0.318. The van der Waals surface area contributed by atoms with Crippen molar-refractivity contribution in [1.29, 1.82) is 0 Å². The Morgan fingerprint density at radius 1 is 1.08 bits per heavy atom. The van der Waals surface area contributed by atoms with Gasteiger partial charge in [0, 0.05) is 34.9 Å². The summed E-state index contributed by atoms with van der Waals surface area (Å²) in [6.07, 6.45) is 5.91. The lowest BCUT2D eigenvalue weighted by atomic mass is 10.1. The first-order valence-corrected chi connectivity index (χ1v) is 9.48. The number of rotatable bonds is 6. The third kappa shape index (κ3) is 3.25. The van der Waals surface area contributed by atoms with Gasteiger partial charge < -0.3 is 15.6 Å². The summed E-state index contributed by atoms with van der Waals surface area (Å²) < 4.78 is 0. The Labute approximate surface area is 153 Å². The molecule has 1 aromatic heterocycles. The molecule has 2 aromatic carbocycles. The lowest BCUT2D eigenvalue weighted by molar-refractivity contribution is 0.102. The van der Waals surface area contributed by atoms with Crippen LogP contribution >= 0.6 is 0 Å². The van der Waals surface area contributed by atoms with E-state index in [1.54, 1.807) is 0 Å². The van der Waals surface area contributed by atoms with Gasteiger partial charge in [-0.25, -0.2) is 0 Å². The van der Waals surface area contributed by atoms with Crippen molar-refractivity contribution in [1.82, 2.24) is 10.3 Å². The number of carbonyl (C=O) groups excluding carboxylic acids is 1. The summed E-state index contributed by atoms with van der Waals surface area (Å²) in [6, 6.07) is 16.7. The Balaban J connectivity index is 1.21. The Hall–Kier alpha value is -2.59. The first-order valence-electron chi connectivity index (χ1n) is 9.48. The van der Waals surface area contributed by atoms with Gasteiger partial charge >= 0.3 is 0 Å². The normalized spacial score (nSPS) is 21.7. The van der Waals surface area contributed by atoms with Crippen molar-refractivity contribution in [2.45, 2.75) is 31.2 Å². The molecule has 0 radical (unpaired) electrons. The van der Waals surface area contributed by atoms with Crippen LogP contribution in [0.5, 0.6) is 0 Å². The minimum Gasteiger partial charge on any atom is -0.361 e. The lowest BCUT2D eigenvalue weighted by Crippen LogP contribution is -2.20. The second-order valence-corrected chi connectivity index (χ2v) is 7.66. The van der Waals surface area contributed by atoms with Crippen LogP contribution in [-0.4, -0.2) is 23.5 Å². The topological polar surface area (TPSA) is 56.9 Å². The summed E-state index contributed by atoms with van der Waals surface area (Å²) in [4.78, 5) is 15.6. The van der Waals surface area contributed by atoms with Crippen molar-refractivity contribution in [2.24, 2.45) is 5.92 Å². The molecule has 1 heterocycles. The molecule has 2 atom stereocenters. The Kier molecular flexibility index (Phi) is 3.79. The number of fused-ring (bicyclic) bond motifs is 1. The maximum atomic E-state index is 12.5. The Bertz CT molecular complexity index is 939. The first kappa shape index (κ1) is 15.6. The van der Waals surface area contributed by atoms with Gasteiger partial charge in [0.2, 0.25) is 0 Å². The van der Waals surface area contributed by atoms with Crippen LogP contribution in [0.4, 0.5) is 5.69 Å². The van der Waals surface area contributed by atoms with E-state index in [-0.39, 0.29) is 5.91 Å². The molecule has 0 saturated heterocycles. The second-order valence-electron chi connectivity index (χ2n) is 7.66. The largest absolute Gasteiger partial charge is 0.361 e. The van der Waals surface area contributed by atoms with Gasteiger partial charge in [0.25, 0.3) is 5.91 Å². The van der Waals surface area contributed by atoms with E-state index < -0.39 is 0 Å². The van der Waals surface area contributed by atoms with Crippen LogP contribution in [0.3, 0.4) is 0 Å². The molecule has 3 aromatic rings. The first-order chi connectivity index (χ1) is 12.8. The number of carbonyl (C=O) groups is 1. The van der Waals surface area contributed by atoms with E-state index >= 15 is 0 Å². The molecular weight excluding hydrogens is 322 g/mol. The van der Waals surface area contributed by atoms with E-state index in [9.17, 15) is 4.79 Å². The predicted molar refractivity (Wildman–Crippen MR) is 105 cm³/mol. The molecule has 1 amide bonds. The van der Waals surface area contributed by atoms with Crippen molar-refractivity contribution < 1.29 is 4.79 Å². The Morgan fingerprint density at radius 3 is 2.73 bits per heavy atom. The van der Waals surface area contributed by atoms with E-state index in [4.69, 9.17) is 0 Å². The zero-order valence-corrected chi connectivity index (χ0v) is 14.7. The monoisotopic (exact) mass is 345 g/mol. The molecule has 2 fully saturated rings. The van der Waals surface area contributed by atoms with E-state index in [1.165, 1.54) is 31.4 Å². The molecule has 26 heavy (non-hydrogen) atoms. The van der Waals surface area contributed by atoms with Gasteiger partial charge in [-0.1, -0.05) is 18.2 Å². The van der Waals surface area contributed by atoms with E-state index in [0.29, 0.717) is 17.5 Å². The summed E-state index contributed by atoms with van der Waals surface area (Å²) in [7, 11) is 0. The van der Waals surface area contributed by atoms with Gasteiger partial charge in [-0.05, 0) is 73.0 Å². The van der Waals surface area contributed by atoms with Crippen LogP contribution < -0.4 is 10.6 Å². The number of nitrogens with one attached hydrogen (secondary N) is 3. The molecule has 2 unspecified atom stereocenters. The van der Waals surface area contributed by atoms with Gasteiger partial charge in [0.1, 0.15) is 0 Å². The smallest absolute Gasteiger partial charge is 0.255 e. The van der Waals surface area contributed by atoms with E-state index in [0.717, 1.165) is 22.5 Å². The fourth-order valence-electron chi connectivity index (χ4n) is 3.63. The molecule has 0 bridgehead atoms. The SMILES string of the molecule is O=C(Nc1ccc(C2CC2NCC2CC2)cc1)c1ccc2cc[nH]c2c1. The van der Waals surface area contributed by atoms with Gasteiger partial charge in [-0.15, -0.1) is 0 Å². The van der Waals surface area contributed by atoms with E-state index in [1.807, 2.05) is 42.6 Å². The van der Waals surface area contributed by atoms with Crippen molar-refractivity contribution in [3.8, 4) is 0 Å². The van der Waals surface area contributed by atoms with Gasteiger partial charge in [-0.2, -0.15) is 0 Å². The van der Waals surface area contributed by atoms with Crippen molar-refractivity contribution in [2.75, 3.05) is 11.9 Å². The summed E-state index contributed by atoms with van der Waals surface area (Å²) in [5.74, 6) is 1.48. The van der Waals surface area contributed by atoms with Crippen LogP contribution in [0.1, 0.15) is 41.1 Å². The number of H-pyrrole nitrogens is 1. The van der Waals surface area contributed by atoms with E-state index in [2.05, 4.69) is 27.8 Å². The molecule has 132 valence electrons. The third-order valence-corrected chi connectivity index (χ3v) is 5.57. The highest BCUT2D eigenvalue weighted by atomic mass is 16.1. The minimum atomic E-state index is -0.0790. The molecular formula is C22H23N3O. The summed E-state index contributed by atoms with van der Waals surface area (Å²) in [6.45, 7) is 1.18. The standard InChI is InChI=1S/C22H23N3O/c26-22(17-4-3-16-9-10-23-20(16)11-17)25-18-7-5-15(6-8-18)19-12-21(19)24-13-14-1-2-14/h3-11,14,19,21,23-24H,1-2,12-13H2,(H,25,26). The van der Waals surface area contributed by atoms with Crippen LogP contribution in [0.25, 0.3) is 10.9 Å². The third-order valence-electron chi connectivity index (χ3n) is 5.57. The van der Waals surface area contributed by atoms with Gasteiger partial charge in [0.05, 0.1) is 0 Å². The second kappa shape index (κ2) is 6.29. The molecule has 2 saturated carbocycles. The van der Waals surface area contributed by atoms with Gasteiger partial charge in [0.15, 0.2) is 0 Å². The van der Waals surface area contributed by atoms with Crippen LogP contribution in [-0.2, 0) is 0 Å². The zero-order chi connectivity index (χ0) is 17.5. The number of anilines is 1. The zero-order valence-electron chi connectivity index (χ0n) is 14.7. The molecule has 2 aliphatic rings. The average Bonchev–Trinajstić information content (AvgIpc) is 3.57. The number of aromatic nitrogens is 1. The van der Waals surface area contributed by atoms with Crippen LogP contribution in [0.15, 0.2) is 54.7 Å². The van der Waals surface area contributed by atoms with Crippen molar-refractivity contribution in [3.63, 3.8) is 0 Å². The molecule has 0 aliphatic heterocycles. The lowest BCUT2D eigenvalue weighted by Gasteiger charge is -2.07. The summed E-state index contributed by atoms with van der Waals surface area (Å²) >= 11 is 0. The molecule has 4 heteroatoms. The van der Waals surface area contributed by atoms with Crippen LogP contribution in [0, 0.1) is 5.92 Å². The quantitative estimate of drug-likeness (QED) is 0.625. The fourth-order valence-corrected chi connectivity index (χ4v) is 3.63. The number of benzene rings is 2. The highest BCUT2D eigenvalue weighted by Gasteiger charge is 2.38.